The number of methoxy groups -OCH3 is 1. The molecule has 0 unspecified atom stereocenters. The quantitative estimate of drug-likeness (QED) is 0.601. The van der Waals surface area contributed by atoms with Crippen LogP contribution in [-0.4, -0.2) is 48.3 Å². The highest BCUT2D eigenvalue weighted by molar-refractivity contribution is 6.08. The predicted molar refractivity (Wildman–Crippen MR) is 106 cm³/mol. The van der Waals surface area contributed by atoms with Crippen LogP contribution in [0.2, 0.25) is 0 Å². The van der Waals surface area contributed by atoms with Crippen molar-refractivity contribution < 1.29 is 14.3 Å². The predicted octanol–water partition coefficient (Wildman–Crippen LogP) is 3.32. The van der Waals surface area contributed by atoms with Crippen LogP contribution < -0.4 is 10.1 Å². The number of ether oxygens (including phenoxy) is 1. The van der Waals surface area contributed by atoms with Crippen LogP contribution in [0.5, 0.6) is 5.75 Å². The van der Waals surface area contributed by atoms with Gasteiger partial charge in [-0.05, 0) is 36.9 Å². The number of H-pyrrole nitrogens is 1. The summed E-state index contributed by atoms with van der Waals surface area (Å²) < 4.78 is 5.10. The molecule has 2 aromatic carbocycles. The first-order valence-corrected chi connectivity index (χ1v) is 8.86. The van der Waals surface area contributed by atoms with Gasteiger partial charge in [-0.25, -0.2) is 0 Å². The molecule has 1 heterocycles. The number of amides is 1. The molecule has 0 bridgehead atoms. The van der Waals surface area contributed by atoms with Gasteiger partial charge in [0.25, 0.3) is 0 Å². The average molecular weight is 365 g/mol. The number of para-hydroxylation sites is 1. The first kappa shape index (κ1) is 18.7. The summed E-state index contributed by atoms with van der Waals surface area (Å²) in [5, 5.41) is 3.75. The van der Waals surface area contributed by atoms with E-state index in [0.29, 0.717) is 17.8 Å². The van der Waals surface area contributed by atoms with Crippen LogP contribution in [0.1, 0.15) is 17.3 Å². The van der Waals surface area contributed by atoms with E-state index in [2.05, 4.69) is 10.3 Å². The lowest BCUT2D eigenvalue weighted by Gasteiger charge is -2.19. The SMILES string of the molecule is CCN(CC(=O)Nc1ccc(OC)cc1)CC(=O)c1c[nH]c2ccccc12. The summed E-state index contributed by atoms with van der Waals surface area (Å²) in [6, 6.07) is 14.8. The summed E-state index contributed by atoms with van der Waals surface area (Å²) in [6.45, 7) is 2.87. The van der Waals surface area contributed by atoms with Crippen molar-refractivity contribution in [1.82, 2.24) is 9.88 Å². The van der Waals surface area contributed by atoms with E-state index >= 15 is 0 Å². The van der Waals surface area contributed by atoms with Gasteiger partial charge in [-0.1, -0.05) is 25.1 Å². The van der Waals surface area contributed by atoms with Crippen molar-refractivity contribution >= 4 is 28.3 Å². The molecular formula is C21H23N3O3. The fourth-order valence-electron chi connectivity index (χ4n) is 2.95. The van der Waals surface area contributed by atoms with Crippen molar-refractivity contribution in [2.75, 3.05) is 32.1 Å². The van der Waals surface area contributed by atoms with Gasteiger partial charge in [0.1, 0.15) is 5.75 Å². The molecule has 0 atom stereocenters. The Morgan fingerprint density at radius 1 is 1.07 bits per heavy atom. The topological polar surface area (TPSA) is 74.4 Å². The highest BCUT2D eigenvalue weighted by Crippen LogP contribution is 2.18. The normalized spacial score (nSPS) is 10.9. The van der Waals surface area contributed by atoms with Gasteiger partial charge in [-0.15, -0.1) is 0 Å². The van der Waals surface area contributed by atoms with Crippen LogP contribution in [0.15, 0.2) is 54.7 Å². The van der Waals surface area contributed by atoms with Gasteiger partial charge in [0, 0.05) is 28.4 Å². The molecule has 1 amide bonds. The Hall–Kier alpha value is -3.12. The minimum absolute atomic E-state index is 0.00783. The maximum atomic E-state index is 12.7. The van der Waals surface area contributed by atoms with Gasteiger partial charge in [-0.3, -0.25) is 14.5 Å². The number of Topliss-reactive ketones (excluding diaryl/α,β-unsaturated/α-hetero) is 1. The molecule has 0 radical (unpaired) electrons. The van der Waals surface area contributed by atoms with Gasteiger partial charge in [0.2, 0.25) is 5.91 Å². The molecule has 140 valence electrons. The Kier molecular flexibility index (Phi) is 5.88. The second kappa shape index (κ2) is 8.51. The first-order chi connectivity index (χ1) is 13.1. The van der Waals surface area contributed by atoms with Crippen LogP contribution in [0.4, 0.5) is 5.69 Å². The Morgan fingerprint density at radius 2 is 1.81 bits per heavy atom. The maximum Gasteiger partial charge on any atom is 0.238 e. The number of aromatic nitrogens is 1. The zero-order valence-electron chi connectivity index (χ0n) is 15.5. The largest absolute Gasteiger partial charge is 0.497 e. The Labute approximate surface area is 158 Å². The van der Waals surface area contributed by atoms with Crippen LogP contribution in [0.3, 0.4) is 0 Å². The Morgan fingerprint density at radius 3 is 2.52 bits per heavy atom. The number of rotatable bonds is 8. The van der Waals surface area contributed by atoms with Gasteiger partial charge in [0.05, 0.1) is 20.2 Å². The molecule has 0 aliphatic heterocycles. The van der Waals surface area contributed by atoms with E-state index in [1.807, 2.05) is 36.1 Å². The fourth-order valence-corrected chi connectivity index (χ4v) is 2.95. The minimum atomic E-state index is -0.159. The third-order valence-corrected chi connectivity index (χ3v) is 4.45. The molecule has 0 aliphatic rings. The molecule has 6 heteroatoms. The molecule has 27 heavy (non-hydrogen) atoms. The number of carbonyl (C=O) groups is 2. The van der Waals surface area contributed by atoms with Crippen molar-refractivity contribution in [2.45, 2.75) is 6.92 Å². The summed E-state index contributed by atoms with van der Waals surface area (Å²) in [6.07, 6.45) is 1.73. The van der Waals surface area contributed by atoms with Crippen LogP contribution in [0.25, 0.3) is 10.9 Å². The average Bonchev–Trinajstić information content (AvgIpc) is 3.12. The van der Waals surface area contributed by atoms with E-state index < -0.39 is 0 Å². The zero-order valence-corrected chi connectivity index (χ0v) is 15.5. The second-order valence-electron chi connectivity index (χ2n) is 6.25. The molecule has 0 aliphatic carbocycles. The van der Waals surface area contributed by atoms with Crippen molar-refractivity contribution in [2.24, 2.45) is 0 Å². The third-order valence-electron chi connectivity index (χ3n) is 4.45. The number of likely N-dealkylation sites (N-methyl/N-ethyl adjacent to an activating group) is 1. The molecule has 3 aromatic rings. The smallest absolute Gasteiger partial charge is 0.238 e. The van der Waals surface area contributed by atoms with E-state index in [0.717, 1.165) is 16.7 Å². The standard InChI is InChI=1S/C21H23N3O3/c1-3-24(14-21(26)23-15-8-10-16(27-2)11-9-15)13-20(25)18-12-22-19-7-5-4-6-17(18)19/h4-12,22H,3,13-14H2,1-2H3,(H,23,26). The lowest BCUT2D eigenvalue weighted by Crippen LogP contribution is -2.36. The van der Waals surface area contributed by atoms with Gasteiger partial charge >= 0.3 is 0 Å². The summed E-state index contributed by atoms with van der Waals surface area (Å²) >= 11 is 0. The fraction of sp³-hybridized carbons (Fsp3) is 0.238. The van der Waals surface area contributed by atoms with Crippen molar-refractivity contribution in [3.8, 4) is 5.75 Å². The van der Waals surface area contributed by atoms with Crippen molar-refractivity contribution in [1.29, 1.82) is 0 Å². The van der Waals surface area contributed by atoms with Gasteiger partial charge in [0.15, 0.2) is 5.78 Å². The number of ketones is 1. The molecule has 2 N–H and O–H groups in total. The number of carbonyl (C=O) groups excluding carboxylic acids is 2. The Balaban J connectivity index is 1.61. The van der Waals surface area contributed by atoms with E-state index in [1.165, 1.54) is 0 Å². The van der Waals surface area contributed by atoms with E-state index in [-0.39, 0.29) is 24.8 Å². The van der Waals surface area contributed by atoms with Crippen molar-refractivity contribution in [3.63, 3.8) is 0 Å². The third kappa shape index (κ3) is 4.54. The highest BCUT2D eigenvalue weighted by Gasteiger charge is 2.17. The molecule has 0 spiro atoms. The number of nitrogens with zero attached hydrogens (tertiary/aromatic N) is 1. The lowest BCUT2D eigenvalue weighted by molar-refractivity contribution is -0.117. The van der Waals surface area contributed by atoms with Gasteiger partial charge in [-0.2, -0.15) is 0 Å². The number of hydrogen-bond donors (Lipinski definition) is 2. The summed E-state index contributed by atoms with van der Waals surface area (Å²) in [5.74, 6) is 0.563. The molecule has 1 aromatic heterocycles. The zero-order chi connectivity index (χ0) is 19.2. The van der Waals surface area contributed by atoms with Crippen LogP contribution in [-0.2, 0) is 4.79 Å². The molecule has 0 fully saturated rings. The molecule has 3 rings (SSSR count). The molecule has 6 nitrogen and oxygen atoms in total. The number of nitrogens with one attached hydrogen (secondary N) is 2. The lowest BCUT2D eigenvalue weighted by atomic mass is 10.1. The summed E-state index contributed by atoms with van der Waals surface area (Å²) in [5.41, 5.74) is 2.28. The minimum Gasteiger partial charge on any atom is -0.497 e. The van der Waals surface area contributed by atoms with E-state index in [4.69, 9.17) is 4.74 Å². The summed E-state index contributed by atoms with van der Waals surface area (Å²) in [4.78, 5) is 29.9. The maximum absolute atomic E-state index is 12.7. The monoisotopic (exact) mass is 365 g/mol. The Bertz CT molecular complexity index is 931. The number of aromatic amines is 1. The van der Waals surface area contributed by atoms with Crippen LogP contribution in [0, 0.1) is 0 Å². The first-order valence-electron chi connectivity index (χ1n) is 8.86. The van der Waals surface area contributed by atoms with Crippen molar-refractivity contribution in [3.05, 3.63) is 60.3 Å². The second-order valence-corrected chi connectivity index (χ2v) is 6.25. The van der Waals surface area contributed by atoms with E-state index in [1.54, 1.807) is 37.6 Å². The summed E-state index contributed by atoms with van der Waals surface area (Å²) in [7, 11) is 1.59. The molecule has 0 saturated carbocycles. The number of fused-ring (bicyclic) bond motifs is 1. The van der Waals surface area contributed by atoms with E-state index in [9.17, 15) is 9.59 Å². The van der Waals surface area contributed by atoms with Crippen LogP contribution >= 0.6 is 0 Å². The number of anilines is 1. The number of hydrogen-bond acceptors (Lipinski definition) is 4. The van der Waals surface area contributed by atoms with Gasteiger partial charge < -0.3 is 15.0 Å². The number of benzene rings is 2. The highest BCUT2D eigenvalue weighted by atomic mass is 16.5. The molecule has 0 saturated heterocycles. The molecular weight excluding hydrogens is 342 g/mol.